The molecule has 19 heavy (non-hydrogen) atoms. The highest BCUT2D eigenvalue weighted by Gasteiger charge is 2.10. The number of nitrogen functional groups attached to an aromatic ring is 1. The molecule has 2 rings (SSSR count). The van der Waals surface area contributed by atoms with Gasteiger partial charge in [0.1, 0.15) is 6.61 Å². The molecule has 2 aromatic carbocycles. The van der Waals surface area contributed by atoms with Crippen LogP contribution in [0.25, 0.3) is 0 Å². The predicted octanol–water partition coefficient (Wildman–Crippen LogP) is 4.88. The molecule has 2 nitrogen and oxygen atoms in total. The summed E-state index contributed by atoms with van der Waals surface area (Å²) in [5.74, 6) is 0.632. The molecule has 100 valence electrons. The predicted molar refractivity (Wildman–Crippen MR) is 83.8 cm³/mol. The van der Waals surface area contributed by atoms with E-state index < -0.39 is 0 Å². The summed E-state index contributed by atoms with van der Waals surface area (Å²) in [6.45, 7) is 4.64. The van der Waals surface area contributed by atoms with E-state index in [0.29, 0.717) is 23.1 Å². The maximum Gasteiger partial charge on any atom is 0.156 e. The molecule has 0 saturated heterocycles. The molecule has 0 atom stereocenters. The Labute approximate surface area is 126 Å². The van der Waals surface area contributed by atoms with Crippen molar-refractivity contribution in [3.05, 3.63) is 56.5 Å². The lowest BCUT2D eigenvalue weighted by atomic mass is 10.0. The Morgan fingerprint density at radius 2 is 1.84 bits per heavy atom. The Kier molecular flexibility index (Phi) is 4.38. The molecule has 0 amide bonds. The minimum absolute atomic E-state index is 0.489. The summed E-state index contributed by atoms with van der Waals surface area (Å²) in [4.78, 5) is 0. The van der Waals surface area contributed by atoms with Crippen molar-refractivity contribution in [1.82, 2.24) is 0 Å². The van der Waals surface area contributed by atoms with Crippen molar-refractivity contribution in [2.75, 3.05) is 5.73 Å². The van der Waals surface area contributed by atoms with E-state index >= 15 is 0 Å². The van der Waals surface area contributed by atoms with Crippen LogP contribution in [0, 0.1) is 13.8 Å². The fourth-order valence-electron chi connectivity index (χ4n) is 1.95. The van der Waals surface area contributed by atoms with Gasteiger partial charge in [0.2, 0.25) is 0 Å². The molecule has 0 unspecified atom stereocenters. The number of benzene rings is 2. The Bertz CT molecular complexity index is 570. The number of nitrogens with two attached hydrogens (primary N) is 1. The first kappa shape index (κ1) is 14.2. The summed E-state index contributed by atoms with van der Waals surface area (Å²) in [7, 11) is 0. The van der Waals surface area contributed by atoms with E-state index in [0.717, 1.165) is 4.47 Å². The second-order valence-electron chi connectivity index (χ2n) is 4.47. The molecule has 0 aromatic heterocycles. The molecule has 0 aliphatic carbocycles. The number of halogens is 2. The molecule has 0 radical (unpaired) electrons. The third-order valence-corrected chi connectivity index (χ3v) is 3.85. The van der Waals surface area contributed by atoms with Crippen molar-refractivity contribution in [2.45, 2.75) is 20.5 Å². The fraction of sp³-hybridized carbons (Fsp3) is 0.200. The number of aryl methyl sites for hydroxylation is 2. The Morgan fingerprint density at radius 3 is 2.42 bits per heavy atom. The van der Waals surface area contributed by atoms with Crippen LogP contribution >= 0.6 is 27.5 Å². The molecule has 0 aliphatic heterocycles. The molecule has 0 bridgehead atoms. The van der Waals surface area contributed by atoms with Crippen LogP contribution in [0.5, 0.6) is 5.75 Å². The van der Waals surface area contributed by atoms with Gasteiger partial charge in [0.05, 0.1) is 10.2 Å². The first-order chi connectivity index (χ1) is 8.99. The van der Waals surface area contributed by atoms with Gasteiger partial charge in [-0.2, -0.15) is 0 Å². The van der Waals surface area contributed by atoms with Gasteiger partial charge in [0, 0.05) is 5.02 Å². The van der Waals surface area contributed by atoms with Crippen LogP contribution in [-0.4, -0.2) is 0 Å². The molecular formula is C15H15BrClNO. The van der Waals surface area contributed by atoms with Crippen LogP contribution in [0.2, 0.25) is 5.02 Å². The van der Waals surface area contributed by atoms with Gasteiger partial charge >= 0.3 is 0 Å². The lowest BCUT2D eigenvalue weighted by molar-refractivity contribution is 0.304. The average molecular weight is 341 g/mol. The molecule has 4 heteroatoms. The van der Waals surface area contributed by atoms with E-state index in [4.69, 9.17) is 22.1 Å². The molecule has 0 saturated carbocycles. The lowest BCUT2D eigenvalue weighted by Gasteiger charge is -2.14. The molecule has 0 fully saturated rings. The SMILES string of the molecule is Cc1cccc(C)c1COc1c(N)cc(Cl)cc1Br. The van der Waals surface area contributed by atoms with E-state index in [1.54, 1.807) is 12.1 Å². The van der Waals surface area contributed by atoms with Crippen molar-refractivity contribution < 1.29 is 4.74 Å². The summed E-state index contributed by atoms with van der Waals surface area (Å²) in [6.07, 6.45) is 0. The highest BCUT2D eigenvalue weighted by molar-refractivity contribution is 9.10. The highest BCUT2D eigenvalue weighted by atomic mass is 79.9. The first-order valence-electron chi connectivity index (χ1n) is 5.91. The third kappa shape index (κ3) is 3.23. The van der Waals surface area contributed by atoms with Gasteiger partial charge in [-0.15, -0.1) is 0 Å². The van der Waals surface area contributed by atoms with Crippen molar-refractivity contribution in [3.63, 3.8) is 0 Å². The van der Waals surface area contributed by atoms with Crippen LogP contribution in [0.4, 0.5) is 5.69 Å². The van der Waals surface area contributed by atoms with Gasteiger partial charge in [0.15, 0.2) is 5.75 Å². The summed E-state index contributed by atoms with van der Waals surface area (Å²) in [6, 6.07) is 9.66. The van der Waals surface area contributed by atoms with Gasteiger partial charge in [-0.25, -0.2) is 0 Å². The van der Waals surface area contributed by atoms with Gasteiger partial charge < -0.3 is 10.5 Å². The normalized spacial score (nSPS) is 10.5. The molecular weight excluding hydrogens is 326 g/mol. The van der Waals surface area contributed by atoms with Crippen LogP contribution in [0.3, 0.4) is 0 Å². The third-order valence-electron chi connectivity index (χ3n) is 3.04. The number of anilines is 1. The van der Waals surface area contributed by atoms with E-state index in [1.807, 2.05) is 6.07 Å². The number of hydrogen-bond acceptors (Lipinski definition) is 2. The maximum atomic E-state index is 5.92. The quantitative estimate of drug-likeness (QED) is 0.808. The molecule has 0 spiro atoms. The van der Waals surface area contributed by atoms with E-state index in [9.17, 15) is 0 Å². The average Bonchev–Trinajstić information content (AvgIpc) is 2.31. The largest absolute Gasteiger partial charge is 0.486 e. The number of ether oxygens (including phenoxy) is 1. The fourth-order valence-corrected chi connectivity index (χ4v) is 2.90. The highest BCUT2D eigenvalue weighted by Crippen LogP contribution is 2.35. The van der Waals surface area contributed by atoms with Gasteiger partial charge in [0.25, 0.3) is 0 Å². The molecule has 0 heterocycles. The summed E-state index contributed by atoms with van der Waals surface area (Å²) < 4.78 is 6.61. The second kappa shape index (κ2) is 5.85. The smallest absolute Gasteiger partial charge is 0.156 e. The minimum Gasteiger partial charge on any atom is -0.486 e. The zero-order valence-electron chi connectivity index (χ0n) is 10.8. The van der Waals surface area contributed by atoms with E-state index in [2.05, 4.69) is 41.9 Å². The monoisotopic (exact) mass is 339 g/mol. The van der Waals surface area contributed by atoms with Crippen molar-refractivity contribution in [2.24, 2.45) is 0 Å². The second-order valence-corrected chi connectivity index (χ2v) is 5.76. The first-order valence-corrected chi connectivity index (χ1v) is 7.08. The standard InChI is InChI=1S/C15H15BrClNO/c1-9-4-3-5-10(2)12(9)8-19-15-13(16)6-11(17)7-14(15)18/h3-7H,8,18H2,1-2H3. The molecule has 0 aliphatic rings. The summed E-state index contributed by atoms with van der Waals surface area (Å²) >= 11 is 9.34. The van der Waals surface area contributed by atoms with Crippen molar-refractivity contribution in [3.8, 4) is 5.75 Å². The van der Waals surface area contributed by atoms with Gasteiger partial charge in [-0.05, 0) is 58.6 Å². The number of hydrogen-bond donors (Lipinski definition) is 1. The summed E-state index contributed by atoms with van der Waals surface area (Å²) in [5.41, 5.74) is 10.1. The van der Waals surface area contributed by atoms with Gasteiger partial charge in [-0.1, -0.05) is 29.8 Å². The van der Waals surface area contributed by atoms with Crippen LogP contribution < -0.4 is 10.5 Å². The van der Waals surface area contributed by atoms with Crippen molar-refractivity contribution >= 4 is 33.2 Å². The maximum absolute atomic E-state index is 5.92. The number of rotatable bonds is 3. The van der Waals surface area contributed by atoms with Gasteiger partial charge in [-0.3, -0.25) is 0 Å². The molecule has 2 aromatic rings. The van der Waals surface area contributed by atoms with E-state index in [-0.39, 0.29) is 0 Å². The van der Waals surface area contributed by atoms with E-state index in [1.165, 1.54) is 16.7 Å². The minimum atomic E-state index is 0.489. The van der Waals surface area contributed by atoms with Crippen LogP contribution in [0.15, 0.2) is 34.8 Å². The van der Waals surface area contributed by atoms with Crippen molar-refractivity contribution in [1.29, 1.82) is 0 Å². The topological polar surface area (TPSA) is 35.2 Å². The lowest BCUT2D eigenvalue weighted by Crippen LogP contribution is -2.03. The summed E-state index contributed by atoms with van der Waals surface area (Å²) in [5, 5.41) is 0.587. The Hall–Kier alpha value is -1.19. The van der Waals surface area contributed by atoms with Crippen LogP contribution in [-0.2, 0) is 6.61 Å². The zero-order valence-corrected chi connectivity index (χ0v) is 13.2. The zero-order chi connectivity index (χ0) is 14.0. The Morgan fingerprint density at radius 1 is 1.21 bits per heavy atom. The molecule has 2 N–H and O–H groups in total. The Balaban J connectivity index is 2.24. The van der Waals surface area contributed by atoms with Crippen LogP contribution in [0.1, 0.15) is 16.7 Å².